The standard InChI is InChI=1S/C14H28N2O5/c1-8(2)11(15)13(17)20-7-6-10(19-5)21-14(18)12(16)9(3)4/h8-12H,6-7,15-16H2,1-5H3/t10?,11-,12-/m0/s1. The smallest absolute Gasteiger partial charge is 0.325 e. The average Bonchev–Trinajstić information content (AvgIpc) is 2.43. The maximum absolute atomic E-state index is 11.7. The fourth-order valence-electron chi connectivity index (χ4n) is 1.33. The molecule has 3 atom stereocenters. The molecule has 1 unspecified atom stereocenters. The highest BCUT2D eigenvalue weighted by Gasteiger charge is 2.23. The van der Waals surface area contributed by atoms with E-state index in [1.54, 1.807) is 0 Å². The SMILES string of the molecule is COC(CCOC(=O)[C@@H](N)C(C)C)OC(=O)[C@@H](N)C(C)C. The molecule has 4 N–H and O–H groups in total. The summed E-state index contributed by atoms with van der Waals surface area (Å²) in [5, 5.41) is 0. The third kappa shape index (κ3) is 7.40. The van der Waals surface area contributed by atoms with Gasteiger partial charge in [-0.15, -0.1) is 0 Å². The Labute approximate surface area is 126 Å². The minimum atomic E-state index is -0.801. The van der Waals surface area contributed by atoms with Crippen molar-refractivity contribution in [3.05, 3.63) is 0 Å². The monoisotopic (exact) mass is 304 g/mol. The quantitative estimate of drug-likeness (QED) is 0.468. The van der Waals surface area contributed by atoms with Crippen molar-refractivity contribution < 1.29 is 23.8 Å². The Hall–Kier alpha value is -1.18. The zero-order chi connectivity index (χ0) is 16.6. The van der Waals surface area contributed by atoms with Gasteiger partial charge in [0.25, 0.3) is 0 Å². The van der Waals surface area contributed by atoms with E-state index in [2.05, 4.69) is 0 Å². The zero-order valence-corrected chi connectivity index (χ0v) is 13.5. The van der Waals surface area contributed by atoms with Crippen LogP contribution in [-0.2, 0) is 23.8 Å². The molecule has 7 heteroatoms. The van der Waals surface area contributed by atoms with Gasteiger partial charge < -0.3 is 25.7 Å². The molecule has 0 rings (SSSR count). The Morgan fingerprint density at radius 2 is 1.43 bits per heavy atom. The lowest BCUT2D eigenvalue weighted by Crippen LogP contribution is -2.40. The van der Waals surface area contributed by atoms with Crippen LogP contribution in [0.3, 0.4) is 0 Å². The number of nitrogens with two attached hydrogens (primary N) is 2. The second-order valence-electron chi connectivity index (χ2n) is 5.60. The molecule has 0 aliphatic carbocycles. The summed E-state index contributed by atoms with van der Waals surface area (Å²) in [5.74, 6) is -1.05. The minimum absolute atomic E-state index is 0.00223. The Balaban J connectivity index is 4.17. The highest BCUT2D eigenvalue weighted by atomic mass is 16.7. The Kier molecular flexibility index (Phi) is 9.16. The van der Waals surface area contributed by atoms with Gasteiger partial charge in [-0.25, -0.2) is 0 Å². The van der Waals surface area contributed by atoms with Gasteiger partial charge in [0.15, 0.2) is 0 Å². The van der Waals surface area contributed by atoms with Gasteiger partial charge in [-0.2, -0.15) is 0 Å². The predicted octanol–water partition coefficient (Wildman–Crippen LogP) is 0.402. The fourth-order valence-corrected chi connectivity index (χ4v) is 1.33. The number of rotatable bonds is 9. The molecule has 0 radical (unpaired) electrons. The molecule has 0 aromatic carbocycles. The van der Waals surface area contributed by atoms with Crippen LogP contribution in [0.2, 0.25) is 0 Å². The highest BCUT2D eigenvalue weighted by Crippen LogP contribution is 2.07. The Morgan fingerprint density at radius 1 is 0.952 bits per heavy atom. The van der Waals surface area contributed by atoms with E-state index in [1.807, 2.05) is 27.7 Å². The van der Waals surface area contributed by atoms with Crippen molar-refractivity contribution >= 4 is 11.9 Å². The zero-order valence-electron chi connectivity index (χ0n) is 13.5. The van der Waals surface area contributed by atoms with E-state index in [0.717, 1.165) is 0 Å². The molecular formula is C14H28N2O5. The first-order valence-electron chi connectivity index (χ1n) is 7.11. The number of hydrogen-bond donors (Lipinski definition) is 2. The van der Waals surface area contributed by atoms with Crippen molar-refractivity contribution in [2.24, 2.45) is 23.3 Å². The second kappa shape index (κ2) is 9.70. The van der Waals surface area contributed by atoms with Gasteiger partial charge in [0.05, 0.1) is 6.61 Å². The van der Waals surface area contributed by atoms with Crippen molar-refractivity contribution in [3.8, 4) is 0 Å². The van der Waals surface area contributed by atoms with Crippen molar-refractivity contribution in [3.63, 3.8) is 0 Å². The number of carbonyl (C=O) groups is 2. The van der Waals surface area contributed by atoms with Crippen LogP contribution in [0, 0.1) is 11.8 Å². The van der Waals surface area contributed by atoms with Crippen LogP contribution in [0.15, 0.2) is 0 Å². The van der Waals surface area contributed by atoms with Gasteiger partial charge in [-0.1, -0.05) is 27.7 Å². The molecule has 21 heavy (non-hydrogen) atoms. The molecule has 0 bridgehead atoms. The molecule has 0 spiro atoms. The number of hydrogen-bond acceptors (Lipinski definition) is 7. The van der Waals surface area contributed by atoms with Crippen molar-refractivity contribution in [1.29, 1.82) is 0 Å². The third-order valence-corrected chi connectivity index (χ3v) is 3.09. The first-order chi connectivity index (χ1) is 9.70. The lowest BCUT2D eigenvalue weighted by molar-refractivity contribution is -0.179. The van der Waals surface area contributed by atoms with E-state index in [1.165, 1.54) is 7.11 Å². The number of esters is 2. The first kappa shape index (κ1) is 19.8. The van der Waals surface area contributed by atoms with Gasteiger partial charge in [-0.05, 0) is 11.8 Å². The van der Waals surface area contributed by atoms with E-state index in [4.69, 9.17) is 25.7 Å². The van der Waals surface area contributed by atoms with Crippen LogP contribution in [0.25, 0.3) is 0 Å². The predicted molar refractivity (Wildman–Crippen MR) is 78.1 cm³/mol. The molecule has 0 heterocycles. The van der Waals surface area contributed by atoms with Crippen molar-refractivity contribution in [2.75, 3.05) is 13.7 Å². The van der Waals surface area contributed by atoms with Gasteiger partial charge >= 0.3 is 11.9 Å². The third-order valence-electron chi connectivity index (χ3n) is 3.09. The van der Waals surface area contributed by atoms with Crippen LogP contribution in [-0.4, -0.2) is 44.0 Å². The van der Waals surface area contributed by atoms with E-state index in [9.17, 15) is 9.59 Å². The molecule has 0 fully saturated rings. The maximum Gasteiger partial charge on any atom is 0.325 e. The van der Waals surface area contributed by atoms with E-state index in [-0.39, 0.29) is 24.9 Å². The van der Waals surface area contributed by atoms with Gasteiger partial charge in [-0.3, -0.25) is 9.59 Å². The summed E-state index contributed by atoms with van der Waals surface area (Å²) in [6.45, 7) is 7.37. The van der Waals surface area contributed by atoms with Crippen molar-refractivity contribution in [1.82, 2.24) is 0 Å². The number of ether oxygens (including phenoxy) is 3. The summed E-state index contributed by atoms with van der Waals surface area (Å²) in [6, 6.07) is -1.37. The van der Waals surface area contributed by atoms with Crippen molar-refractivity contribution in [2.45, 2.75) is 52.5 Å². The molecule has 0 amide bonds. The molecule has 7 nitrogen and oxygen atoms in total. The topological polar surface area (TPSA) is 114 Å². The van der Waals surface area contributed by atoms with Gasteiger partial charge in [0.1, 0.15) is 12.1 Å². The number of methoxy groups -OCH3 is 1. The molecule has 0 saturated heterocycles. The summed E-state index contributed by atoms with van der Waals surface area (Å²) in [7, 11) is 1.40. The van der Waals surface area contributed by atoms with Gasteiger partial charge in [0, 0.05) is 13.5 Å². The molecule has 0 aliphatic heterocycles. The largest absolute Gasteiger partial charge is 0.464 e. The molecule has 124 valence electrons. The molecule has 0 aliphatic rings. The highest BCUT2D eigenvalue weighted by molar-refractivity contribution is 5.76. The summed E-state index contributed by atoms with van der Waals surface area (Å²) in [5.41, 5.74) is 11.3. The van der Waals surface area contributed by atoms with E-state index in [0.29, 0.717) is 0 Å². The molecular weight excluding hydrogens is 276 g/mol. The molecule has 0 saturated carbocycles. The minimum Gasteiger partial charge on any atom is -0.464 e. The number of carbonyl (C=O) groups excluding carboxylic acids is 2. The normalized spacial score (nSPS) is 15.7. The Bertz CT molecular complexity index is 333. The molecule has 0 aromatic rings. The first-order valence-corrected chi connectivity index (χ1v) is 7.11. The van der Waals surface area contributed by atoms with Gasteiger partial charge in [0.2, 0.25) is 6.29 Å². The lowest BCUT2D eigenvalue weighted by atomic mass is 10.1. The van der Waals surface area contributed by atoms with Crippen LogP contribution < -0.4 is 11.5 Å². The summed E-state index contributed by atoms with van der Waals surface area (Å²) in [4.78, 5) is 23.3. The van der Waals surface area contributed by atoms with Crippen LogP contribution >= 0.6 is 0 Å². The maximum atomic E-state index is 11.7. The van der Waals surface area contributed by atoms with E-state index < -0.39 is 30.3 Å². The summed E-state index contributed by atoms with van der Waals surface area (Å²) in [6.07, 6.45) is -0.575. The van der Waals surface area contributed by atoms with Crippen LogP contribution in [0.5, 0.6) is 0 Å². The summed E-state index contributed by atoms with van der Waals surface area (Å²) < 4.78 is 15.1. The van der Waals surface area contributed by atoms with Crippen LogP contribution in [0.1, 0.15) is 34.1 Å². The molecule has 0 aromatic heterocycles. The summed E-state index contributed by atoms with van der Waals surface area (Å²) >= 11 is 0. The van der Waals surface area contributed by atoms with Crippen LogP contribution in [0.4, 0.5) is 0 Å². The fraction of sp³-hybridized carbons (Fsp3) is 0.857. The Morgan fingerprint density at radius 3 is 1.86 bits per heavy atom. The second-order valence-corrected chi connectivity index (χ2v) is 5.60. The van der Waals surface area contributed by atoms with E-state index >= 15 is 0 Å². The lowest BCUT2D eigenvalue weighted by Gasteiger charge is -2.21. The average molecular weight is 304 g/mol.